The Bertz CT molecular complexity index is 621. The molecular weight excluding hydrogens is 272 g/mol. The van der Waals surface area contributed by atoms with Gasteiger partial charge in [-0.2, -0.15) is 0 Å². The second-order valence-electron chi connectivity index (χ2n) is 4.62. The van der Waals surface area contributed by atoms with E-state index in [9.17, 15) is 0 Å². The Hall–Kier alpha value is -2.26. The Morgan fingerprint density at radius 2 is 1.24 bits per heavy atom. The summed E-state index contributed by atoms with van der Waals surface area (Å²) in [6, 6.07) is 20.8. The highest BCUT2D eigenvalue weighted by atomic mass is 28.4. The molecule has 0 amide bonds. The SMILES string of the molecule is CC[Si](C#Cc1ccccc1)(C#Cc1ccccc1)OC. The molecule has 0 aliphatic heterocycles. The van der Waals surface area contributed by atoms with Crippen LogP contribution < -0.4 is 0 Å². The van der Waals surface area contributed by atoms with E-state index in [0.717, 1.165) is 17.2 Å². The van der Waals surface area contributed by atoms with Crippen LogP contribution in [0.5, 0.6) is 0 Å². The molecular formula is C19H18OSi. The Morgan fingerprint density at radius 3 is 1.57 bits per heavy atom. The predicted octanol–water partition coefficient (Wildman–Crippen LogP) is 3.78. The van der Waals surface area contributed by atoms with Crippen molar-refractivity contribution in [1.82, 2.24) is 0 Å². The van der Waals surface area contributed by atoms with Crippen molar-refractivity contribution in [2.75, 3.05) is 7.11 Å². The van der Waals surface area contributed by atoms with Crippen LogP contribution in [0, 0.1) is 22.9 Å². The molecule has 2 heteroatoms. The van der Waals surface area contributed by atoms with Gasteiger partial charge in [0.15, 0.2) is 0 Å². The van der Waals surface area contributed by atoms with E-state index >= 15 is 0 Å². The van der Waals surface area contributed by atoms with Crippen molar-refractivity contribution in [3.05, 3.63) is 71.8 Å². The Balaban J connectivity index is 2.30. The lowest BCUT2D eigenvalue weighted by Gasteiger charge is -2.14. The summed E-state index contributed by atoms with van der Waals surface area (Å²) < 4.78 is 5.72. The molecule has 0 spiro atoms. The van der Waals surface area contributed by atoms with E-state index in [0.29, 0.717) is 0 Å². The van der Waals surface area contributed by atoms with Gasteiger partial charge in [0.1, 0.15) is 0 Å². The zero-order chi connectivity index (χ0) is 15.0. The van der Waals surface area contributed by atoms with Crippen LogP contribution in [0.2, 0.25) is 6.04 Å². The van der Waals surface area contributed by atoms with Gasteiger partial charge in [0.25, 0.3) is 0 Å². The first kappa shape index (κ1) is 15.1. The molecule has 2 aromatic carbocycles. The van der Waals surface area contributed by atoms with Crippen molar-refractivity contribution in [3.8, 4) is 22.9 Å². The van der Waals surface area contributed by atoms with Gasteiger partial charge in [0.05, 0.1) is 0 Å². The van der Waals surface area contributed by atoms with Gasteiger partial charge in [0, 0.05) is 18.2 Å². The summed E-state index contributed by atoms with van der Waals surface area (Å²) in [5.74, 6) is 6.42. The fourth-order valence-corrected chi connectivity index (χ4v) is 3.45. The van der Waals surface area contributed by atoms with Crippen molar-refractivity contribution < 1.29 is 4.43 Å². The van der Waals surface area contributed by atoms with Crippen molar-refractivity contribution in [1.29, 1.82) is 0 Å². The third-order valence-electron chi connectivity index (χ3n) is 3.21. The number of hydrogen-bond acceptors (Lipinski definition) is 1. The highest BCUT2D eigenvalue weighted by molar-refractivity contribution is 6.89. The summed E-state index contributed by atoms with van der Waals surface area (Å²) in [5.41, 5.74) is 8.63. The van der Waals surface area contributed by atoms with Gasteiger partial charge in [-0.25, -0.2) is 0 Å². The van der Waals surface area contributed by atoms with Crippen molar-refractivity contribution in [2.24, 2.45) is 0 Å². The Morgan fingerprint density at radius 1 is 0.810 bits per heavy atom. The molecule has 0 unspecified atom stereocenters. The molecule has 0 saturated heterocycles. The molecule has 2 rings (SSSR count). The number of benzene rings is 2. The summed E-state index contributed by atoms with van der Waals surface area (Å²) in [6.07, 6.45) is 0. The first-order valence-corrected chi connectivity index (χ1v) is 9.11. The van der Waals surface area contributed by atoms with Gasteiger partial charge in [-0.15, -0.1) is 0 Å². The van der Waals surface area contributed by atoms with E-state index in [1.165, 1.54) is 0 Å². The molecule has 0 heterocycles. The molecule has 0 aromatic heterocycles. The molecule has 0 bridgehead atoms. The highest BCUT2D eigenvalue weighted by Crippen LogP contribution is 2.09. The van der Waals surface area contributed by atoms with E-state index in [1.54, 1.807) is 7.11 Å². The van der Waals surface area contributed by atoms with Crippen LogP contribution in [-0.4, -0.2) is 15.4 Å². The van der Waals surface area contributed by atoms with Crippen molar-refractivity contribution >= 4 is 8.32 Å². The van der Waals surface area contributed by atoms with Gasteiger partial charge >= 0.3 is 8.32 Å². The minimum Gasteiger partial charge on any atom is -0.400 e. The summed E-state index contributed by atoms with van der Waals surface area (Å²) in [7, 11) is -0.614. The maximum Gasteiger partial charge on any atom is 0.353 e. The maximum atomic E-state index is 5.72. The molecule has 0 fully saturated rings. The molecule has 0 atom stereocenters. The zero-order valence-corrected chi connectivity index (χ0v) is 13.4. The number of rotatable bonds is 2. The zero-order valence-electron chi connectivity index (χ0n) is 12.4. The van der Waals surface area contributed by atoms with Crippen LogP contribution in [0.3, 0.4) is 0 Å². The Labute approximate surface area is 128 Å². The number of hydrogen-bond donors (Lipinski definition) is 0. The lowest BCUT2D eigenvalue weighted by molar-refractivity contribution is 0.418. The van der Waals surface area contributed by atoms with Gasteiger partial charge in [-0.05, 0) is 30.3 Å². The molecule has 1 nitrogen and oxygen atoms in total. The standard InChI is InChI=1S/C19H18OSi/c1-3-21(20-2,16-14-18-10-6-4-7-11-18)17-15-19-12-8-5-9-13-19/h4-13H,3H2,1-2H3. The van der Waals surface area contributed by atoms with Crippen molar-refractivity contribution in [2.45, 2.75) is 13.0 Å². The van der Waals surface area contributed by atoms with Crippen LogP contribution >= 0.6 is 0 Å². The van der Waals surface area contributed by atoms with Gasteiger partial charge < -0.3 is 4.43 Å². The monoisotopic (exact) mass is 290 g/mol. The Kier molecular flexibility index (Phi) is 5.40. The topological polar surface area (TPSA) is 9.23 Å². The van der Waals surface area contributed by atoms with E-state index in [4.69, 9.17) is 4.43 Å². The summed E-state index contributed by atoms with van der Waals surface area (Å²) >= 11 is 0. The van der Waals surface area contributed by atoms with Crippen LogP contribution in [-0.2, 0) is 4.43 Å². The molecule has 0 radical (unpaired) electrons. The smallest absolute Gasteiger partial charge is 0.353 e. The first-order chi connectivity index (χ1) is 10.3. The largest absolute Gasteiger partial charge is 0.400 e. The fraction of sp³-hybridized carbons (Fsp3) is 0.158. The van der Waals surface area contributed by atoms with Gasteiger partial charge in [-0.1, -0.05) is 66.3 Å². The fourth-order valence-electron chi connectivity index (χ4n) is 1.84. The van der Waals surface area contributed by atoms with E-state index in [2.05, 4.69) is 29.9 Å². The van der Waals surface area contributed by atoms with Gasteiger partial charge in [0.2, 0.25) is 0 Å². The summed E-state index contributed by atoms with van der Waals surface area (Å²) in [6.45, 7) is 2.09. The summed E-state index contributed by atoms with van der Waals surface area (Å²) in [4.78, 5) is 0. The minimum absolute atomic E-state index is 0.850. The molecule has 0 saturated carbocycles. The third-order valence-corrected chi connectivity index (χ3v) is 5.96. The predicted molar refractivity (Wildman–Crippen MR) is 89.9 cm³/mol. The minimum atomic E-state index is -2.33. The molecule has 21 heavy (non-hydrogen) atoms. The molecule has 104 valence electrons. The molecule has 0 N–H and O–H groups in total. The van der Waals surface area contributed by atoms with Crippen LogP contribution in [0.25, 0.3) is 0 Å². The second-order valence-corrected chi connectivity index (χ2v) is 7.89. The lowest BCUT2D eigenvalue weighted by atomic mass is 10.2. The van der Waals surface area contributed by atoms with Crippen LogP contribution in [0.4, 0.5) is 0 Å². The van der Waals surface area contributed by atoms with E-state index < -0.39 is 8.32 Å². The van der Waals surface area contributed by atoms with Gasteiger partial charge in [-0.3, -0.25) is 0 Å². The van der Waals surface area contributed by atoms with Crippen LogP contribution in [0.15, 0.2) is 60.7 Å². The molecule has 2 aromatic rings. The highest BCUT2D eigenvalue weighted by Gasteiger charge is 2.28. The molecule has 0 aliphatic carbocycles. The average Bonchev–Trinajstić information content (AvgIpc) is 2.58. The average molecular weight is 290 g/mol. The van der Waals surface area contributed by atoms with E-state index in [1.807, 2.05) is 60.7 Å². The van der Waals surface area contributed by atoms with E-state index in [-0.39, 0.29) is 0 Å². The summed E-state index contributed by atoms with van der Waals surface area (Å²) in [5, 5.41) is 0. The normalized spacial score (nSPS) is 10.0. The molecule has 0 aliphatic rings. The van der Waals surface area contributed by atoms with Crippen molar-refractivity contribution in [3.63, 3.8) is 0 Å². The van der Waals surface area contributed by atoms with Crippen LogP contribution in [0.1, 0.15) is 18.1 Å². The second kappa shape index (κ2) is 7.50. The maximum absolute atomic E-state index is 5.72. The first-order valence-electron chi connectivity index (χ1n) is 6.99. The quantitative estimate of drug-likeness (QED) is 0.604. The third kappa shape index (κ3) is 4.36. The lowest BCUT2D eigenvalue weighted by Crippen LogP contribution is -2.33.